The second-order valence-corrected chi connectivity index (χ2v) is 4.03. The fraction of sp³-hybridized carbons (Fsp3) is 0. The van der Waals surface area contributed by atoms with Crippen LogP contribution in [0.5, 0.6) is 5.75 Å². The van der Waals surface area contributed by atoms with Gasteiger partial charge < -0.3 is 10.4 Å². The van der Waals surface area contributed by atoms with Gasteiger partial charge in [-0.3, -0.25) is 10.1 Å². The van der Waals surface area contributed by atoms with E-state index in [1.807, 2.05) is 0 Å². The average Bonchev–Trinajstić information content (AvgIpc) is 2.86. The van der Waals surface area contributed by atoms with Crippen molar-refractivity contribution in [3.05, 3.63) is 46.5 Å². The first-order chi connectivity index (χ1) is 9.65. The van der Waals surface area contributed by atoms with Crippen LogP contribution in [0.15, 0.2) is 41.0 Å². The van der Waals surface area contributed by atoms with Crippen LogP contribution >= 0.6 is 0 Å². The predicted octanol–water partition coefficient (Wildman–Crippen LogP) is 2.58. The lowest BCUT2D eigenvalue weighted by Gasteiger charge is -2.07. The molecule has 8 nitrogen and oxygen atoms in total. The number of nitro benzene ring substituents is 1. The highest BCUT2D eigenvalue weighted by atomic mass is 16.6. The Labute approximate surface area is 111 Å². The molecule has 1 aromatic heterocycles. The van der Waals surface area contributed by atoms with Gasteiger partial charge in [0.15, 0.2) is 0 Å². The lowest BCUT2D eigenvalue weighted by Crippen LogP contribution is -1.98. The highest BCUT2D eigenvalue weighted by molar-refractivity contribution is 5.91. The maximum Gasteiger partial charge on any atom is 0.323 e. The first kappa shape index (κ1) is 11.9. The van der Waals surface area contributed by atoms with Crippen LogP contribution in [-0.2, 0) is 0 Å². The molecule has 0 amide bonds. The van der Waals surface area contributed by atoms with E-state index in [-0.39, 0.29) is 22.6 Å². The van der Waals surface area contributed by atoms with E-state index in [1.165, 1.54) is 18.2 Å². The van der Waals surface area contributed by atoms with Crippen LogP contribution in [0.4, 0.5) is 17.1 Å². The Morgan fingerprint density at radius 2 is 2.10 bits per heavy atom. The maximum atomic E-state index is 11.2. The Hall–Kier alpha value is -3.16. The Morgan fingerprint density at radius 1 is 1.25 bits per heavy atom. The van der Waals surface area contributed by atoms with Crippen molar-refractivity contribution in [2.75, 3.05) is 5.32 Å². The van der Waals surface area contributed by atoms with Gasteiger partial charge in [0.25, 0.3) is 0 Å². The lowest BCUT2D eigenvalue weighted by molar-refractivity contribution is -0.382. The van der Waals surface area contributed by atoms with Gasteiger partial charge in [0.1, 0.15) is 17.0 Å². The molecule has 0 bridgehead atoms. The number of nitrogens with one attached hydrogen (secondary N) is 1. The first-order valence-electron chi connectivity index (χ1n) is 5.61. The SMILES string of the molecule is O=[N+]([O-])c1c(Nc2cccc(O)c2)ccc2nonc12. The number of phenolic OH excluding ortho intramolecular Hbond substituents is 1. The summed E-state index contributed by atoms with van der Waals surface area (Å²) in [5, 5.41) is 30.6. The number of rotatable bonds is 3. The van der Waals surface area contributed by atoms with E-state index in [4.69, 9.17) is 0 Å². The fourth-order valence-corrected chi connectivity index (χ4v) is 1.86. The summed E-state index contributed by atoms with van der Waals surface area (Å²) in [5.74, 6) is 0.0573. The summed E-state index contributed by atoms with van der Waals surface area (Å²) in [6, 6.07) is 9.33. The second kappa shape index (κ2) is 4.50. The van der Waals surface area contributed by atoms with E-state index in [0.29, 0.717) is 11.2 Å². The van der Waals surface area contributed by atoms with Crippen molar-refractivity contribution < 1.29 is 14.7 Å². The minimum absolute atomic E-state index is 0.0573. The van der Waals surface area contributed by atoms with Crippen LogP contribution in [0.3, 0.4) is 0 Å². The second-order valence-electron chi connectivity index (χ2n) is 4.03. The number of fused-ring (bicyclic) bond motifs is 1. The molecule has 8 heteroatoms. The highest BCUT2D eigenvalue weighted by Crippen LogP contribution is 2.33. The summed E-state index contributed by atoms with van der Waals surface area (Å²) in [6.07, 6.45) is 0. The van der Waals surface area contributed by atoms with Crippen molar-refractivity contribution in [2.24, 2.45) is 0 Å². The molecule has 3 rings (SSSR count). The number of hydrogen-bond acceptors (Lipinski definition) is 7. The van der Waals surface area contributed by atoms with Crippen molar-refractivity contribution in [2.45, 2.75) is 0 Å². The molecule has 0 aliphatic rings. The number of anilines is 2. The average molecular weight is 272 g/mol. The highest BCUT2D eigenvalue weighted by Gasteiger charge is 2.22. The van der Waals surface area contributed by atoms with Gasteiger partial charge in [-0.25, -0.2) is 4.63 Å². The summed E-state index contributed by atoms with van der Waals surface area (Å²) in [6.45, 7) is 0. The van der Waals surface area contributed by atoms with Crippen molar-refractivity contribution in [3.8, 4) is 5.75 Å². The molecule has 0 fully saturated rings. The van der Waals surface area contributed by atoms with E-state index in [0.717, 1.165) is 0 Å². The molecule has 0 unspecified atom stereocenters. The van der Waals surface area contributed by atoms with E-state index in [1.54, 1.807) is 18.2 Å². The van der Waals surface area contributed by atoms with Crippen molar-refractivity contribution in [3.63, 3.8) is 0 Å². The number of phenols is 1. The molecule has 0 aliphatic heterocycles. The molecule has 0 atom stereocenters. The quantitative estimate of drug-likeness (QED) is 0.556. The minimum Gasteiger partial charge on any atom is -0.508 e. The smallest absolute Gasteiger partial charge is 0.323 e. The van der Waals surface area contributed by atoms with Crippen LogP contribution in [0.1, 0.15) is 0 Å². The lowest BCUT2D eigenvalue weighted by atomic mass is 10.2. The molecular weight excluding hydrogens is 264 g/mol. The number of aromatic hydroxyl groups is 1. The fourth-order valence-electron chi connectivity index (χ4n) is 1.86. The van der Waals surface area contributed by atoms with Gasteiger partial charge in [0, 0.05) is 11.8 Å². The molecule has 1 heterocycles. The Balaban J connectivity index is 2.11. The van der Waals surface area contributed by atoms with Crippen LogP contribution in [-0.4, -0.2) is 20.3 Å². The summed E-state index contributed by atoms with van der Waals surface area (Å²) in [5.41, 5.74) is 0.901. The van der Waals surface area contributed by atoms with Gasteiger partial charge in [-0.05, 0) is 34.6 Å². The predicted molar refractivity (Wildman–Crippen MR) is 69.8 cm³/mol. The van der Waals surface area contributed by atoms with Crippen LogP contribution < -0.4 is 5.32 Å². The molecular formula is C12H8N4O4. The van der Waals surface area contributed by atoms with Gasteiger partial charge in [-0.1, -0.05) is 6.07 Å². The standard InChI is InChI=1S/C12H8N4O4/c17-8-3-1-2-7(6-8)13-10-5-4-9-11(15-20-14-9)12(10)16(18)19/h1-6,13,17H. The summed E-state index contributed by atoms with van der Waals surface area (Å²) >= 11 is 0. The number of aromatic nitrogens is 2. The monoisotopic (exact) mass is 272 g/mol. The van der Waals surface area contributed by atoms with Crippen LogP contribution in [0.2, 0.25) is 0 Å². The molecule has 2 N–H and O–H groups in total. The van der Waals surface area contributed by atoms with E-state index in [9.17, 15) is 15.2 Å². The molecule has 0 radical (unpaired) electrons. The van der Waals surface area contributed by atoms with E-state index >= 15 is 0 Å². The van der Waals surface area contributed by atoms with E-state index < -0.39 is 4.92 Å². The van der Waals surface area contributed by atoms with Crippen molar-refractivity contribution in [1.29, 1.82) is 0 Å². The molecule has 0 aliphatic carbocycles. The van der Waals surface area contributed by atoms with Gasteiger partial charge in [0.2, 0.25) is 5.52 Å². The third-order valence-corrected chi connectivity index (χ3v) is 2.71. The molecule has 20 heavy (non-hydrogen) atoms. The molecule has 0 saturated heterocycles. The van der Waals surface area contributed by atoms with E-state index in [2.05, 4.69) is 20.3 Å². The summed E-state index contributed by atoms with van der Waals surface area (Å²) in [7, 11) is 0. The van der Waals surface area contributed by atoms with Gasteiger partial charge in [-0.15, -0.1) is 0 Å². The topological polar surface area (TPSA) is 114 Å². The largest absolute Gasteiger partial charge is 0.508 e. The van der Waals surface area contributed by atoms with Crippen molar-refractivity contribution >= 4 is 28.1 Å². The Morgan fingerprint density at radius 3 is 2.85 bits per heavy atom. The zero-order valence-corrected chi connectivity index (χ0v) is 9.98. The maximum absolute atomic E-state index is 11.2. The number of hydrogen-bond donors (Lipinski definition) is 2. The number of benzene rings is 2. The summed E-state index contributed by atoms with van der Waals surface area (Å²) in [4.78, 5) is 10.6. The molecule has 0 saturated carbocycles. The Kier molecular flexibility index (Phi) is 2.68. The van der Waals surface area contributed by atoms with Gasteiger partial charge >= 0.3 is 5.69 Å². The third-order valence-electron chi connectivity index (χ3n) is 2.71. The van der Waals surface area contributed by atoms with Crippen LogP contribution in [0, 0.1) is 10.1 Å². The molecule has 2 aromatic carbocycles. The third kappa shape index (κ3) is 1.99. The normalized spacial score (nSPS) is 10.6. The summed E-state index contributed by atoms with van der Waals surface area (Å²) < 4.78 is 4.51. The Bertz CT molecular complexity index is 799. The number of nitrogens with zero attached hydrogens (tertiary/aromatic N) is 3. The van der Waals surface area contributed by atoms with Crippen LogP contribution in [0.25, 0.3) is 11.0 Å². The zero-order valence-electron chi connectivity index (χ0n) is 9.98. The molecule has 100 valence electrons. The zero-order chi connectivity index (χ0) is 14.1. The van der Waals surface area contributed by atoms with Gasteiger partial charge in [0.05, 0.1) is 4.92 Å². The molecule has 0 spiro atoms. The first-order valence-corrected chi connectivity index (χ1v) is 5.61. The van der Waals surface area contributed by atoms with Gasteiger partial charge in [-0.2, -0.15) is 0 Å². The molecule has 3 aromatic rings. The number of nitro groups is 1. The van der Waals surface area contributed by atoms with Crippen molar-refractivity contribution in [1.82, 2.24) is 10.3 Å². The minimum atomic E-state index is -0.558.